The van der Waals surface area contributed by atoms with Gasteiger partial charge in [0.1, 0.15) is 0 Å². The van der Waals surface area contributed by atoms with Crippen LogP contribution in [0.2, 0.25) is 0 Å². The van der Waals surface area contributed by atoms with Crippen molar-refractivity contribution in [2.45, 2.75) is 25.7 Å². The van der Waals surface area contributed by atoms with Crippen molar-refractivity contribution >= 4 is 11.8 Å². The number of hydrogen-bond donors (Lipinski definition) is 1. The average molecular weight is 276 g/mol. The molecule has 2 atom stereocenters. The van der Waals surface area contributed by atoms with Gasteiger partial charge in [-0.2, -0.15) is 0 Å². The molecule has 3 rings (SSSR count). The molecule has 20 heavy (non-hydrogen) atoms. The molecule has 106 valence electrons. The van der Waals surface area contributed by atoms with Crippen LogP contribution in [0.25, 0.3) is 0 Å². The molecule has 1 aromatic rings. The molecule has 0 amide bonds. The maximum Gasteiger partial charge on any atom is 0.307 e. The molecular formula is C15H16O5. The molecule has 0 aromatic heterocycles. The Hall–Kier alpha value is -2.04. The van der Waals surface area contributed by atoms with E-state index < -0.39 is 17.8 Å². The van der Waals surface area contributed by atoms with Gasteiger partial charge in [-0.15, -0.1) is 0 Å². The van der Waals surface area contributed by atoms with Gasteiger partial charge in [-0.05, 0) is 31.0 Å². The summed E-state index contributed by atoms with van der Waals surface area (Å²) in [5.41, 5.74) is 0.507. The first-order chi connectivity index (χ1) is 9.66. The minimum absolute atomic E-state index is 0.101. The van der Waals surface area contributed by atoms with Gasteiger partial charge in [0.25, 0.3) is 0 Å². The van der Waals surface area contributed by atoms with Gasteiger partial charge in [-0.1, -0.05) is 12.8 Å². The number of carbonyl (C=O) groups excluding carboxylic acids is 1. The Bertz CT molecular complexity index is 551. The predicted molar refractivity (Wildman–Crippen MR) is 70.0 cm³/mol. The molecule has 1 N–H and O–H groups in total. The summed E-state index contributed by atoms with van der Waals surface area (Å²) in [6.07, 6.45) is 3.01. The number of benzene rings is 1. The number of Topliss-reactive ketones (excluding diaryl/α,β-unsaturated/α-hetero) is 1. The highest BCUT2D eigenvalue weighted by Gasteiger charge is 2.36. The molecular weight excluding hydrogens is 260 g/mol. The van der Waals surface area contributed by atoms with Crippen LogP contribution in [-0.4, -0.2) is 23.7 Å². The van der Waals surface area contributed by atoms with E-state index in [1.54, 1.807) is 18.2 Å². The van der Waals surface area contributed by atoms with E-state index in [9.17, 15) is 14.7 Å². The highest BCUT2D eigenvalue weighted by Crippen LogP contribution is 2.36. The fraction of sp³-hybridized carbons (Fsp3) is 0.467. The van der Waals surface area contributed by atoms with Crippen molar-refractivity contribution in [3.63, 3.8) is 0 Å². The van der Waals surface area contributed by atoms with Gasteiger partial charge < -0.3 is 14.6 Å². The fourth-order valence-corrected chi connectivity index (χ4v) is 3.00. The van der Waals surface area contributed by atoms with Crippen molar-refractivity contribution in [2.24, 2.45) is 11.8 Å². The summed E-state index contributed by atoms with van der Waals surface area (Å²) in [6.45, 7) is 0.161. The van der Waals surface area contributed by atoms with Crippen LogP contribution in [0.3, 0.4) is 0 Å². The van der Waals surface area contributed by atoms with Gasteiger partial charge >= 0.3 is 5.97 Å². The van der Waals surface area contributed by atoms with Gasteiger partial charge in [0.2, 0.25) is 6.79 Å². The van der Waals surface area contributed by atoms with Crippen molar-refractivity contribution in [2.75, 3.05) is 6.79 Å². The second kappa shape index (κ2) is 5.15. The fourth-order valence-electron chi connectivity index (χ4n) is 3.00. The lowest BCUT2D eigenvalue weighted by Gasteiger charge is -2.27. The standard InChI is InChI=1S/C15H16O5/c16-14(10-3-1-2-4-11(10)15(17)18)9-5-6-12-13(7-9)20-8-19-12/h5-7,10-11H,1-4,8H2,(H,17,18). The van der Waals surface area contributed by atoms with E-state index in [-0.39, 0.29) is 12.6 Å². The Balaban J connectivity index is 1.85. The van der Waals surface area contributed by atoms with Crippen molar-refractivity contribution in [3.8, 4) is 11.5 Å². The molecule has 2 unspecified atom stereocenters. The normalized spacial score (nSPS) is 24.4. The summed E-state index contributed by atoms with van der Waals surface area (Å²) >= 11 is 0. The number of rotatable bonds is 3. The first kappa shape index (κ1) is 13.0. The van der Waals surface area contributed by atoms with Crippen LogP contribution in [0, 0.1) is 11.8 Å². The molecule has 0 bridgehead atoms. The van der Waals surface area contributed by atoms with Crippen LogP contribution in [0.4, 0.5) is 0 Å². The summed E-state index contributed by atoms with van der Waals surface area (Å²) in [4.78, 5) is 23.8. The molecule has 5 nitrogen and oxygen atoms in total. The Morgan fingerprint density at radius 3 is 2.50 bits per heavy atom. The number of ketones is 1. The minimum Gasteiger partial charge on any atom is -0.481 e. The van der Waals surface area contributed by atoms with Crippen LogP contribution < -0.4 is 9.47 Å². The minimum atomic E-state index is -0.871. The van der Waals surface area contributed by atoms with Crippen LogP contribution in [0.1, 0.15) is 36.0 Å². The molecule has 1 fully saturated rings. The molecule has 1 heterocycles. The van der Waals surface area contributed by atoms with Gasteiger partial charge in [0, 0.05) is 11.5 Å². The molecule has 0 spiro atoms. The molecule has 2 aliphatic rings. The lowest BCUT2D eigenvalue weighted by molar-refractivity contribution is -0.144. The van der Waals surface area contributed by atoms with E-state index in [0.29, 0.717) is 29.9 Å². The number of carboxylic acids is 1. The van der Waals surface area contributed by atoms with Crippen LogP contribution >= 0.6 is 0 Å². The summed E-state index contributed by atoms with van der Waals surface area (Å²) in [6, 6.07) is 5.04. The van der Waals surface area contributed by atoms with Gasteiger partial charge in [-0.25, -0.2) is 0 Å². The van der Waals surface area contributed by atoms with Crippen molar-refractivity contribution in [1.29, 1.82) is 0 Å². The largest absolute Gasteiger partial charge is 0.481 e. The number of carbonyl (C=O) groups is 2. The highest BCUT2D eigenvalue weighted by atomic mass is 16.7. The van der Waals surface area contributed by atoms with Crippen molar-refractivity contribution in [3.05, 3.63) is 23.8 Å². The third-order valence-corrected chi connectivity index (χ3v) is 4.08. The first-order valence-corrected chi connectivity index (χ1v) is 6.83. The number of aliphatic carboxylic acids is 1. The molecule has 1 aromatic carbocycles. The van der Waals surface area contributed by atoms with Crippen molar-refractivity contribution < 1.29 is 24.2 Å². The Kier molecular flexibility index (Phi) is 3.34. The highest BCUT2D eigenvalue weighted by molar-refractivity contribution is 6.00. The monoisotopic (exact) mass is 276 g/mol. The van der Waals surface area contributed by atoms with Crippen LogP contribution in [0.5, 0.6) is 11.5 Å². The molecule has 0 saturated heterocycles. The quantitative estimate of drug-likeness (QED) is 0.859. The second-order valence-electron chi connectivity index (χ2n) is 5.27. The SMILES string of the molecule is O=C(O)C1CCCCC1C(=O)c1ccc2c(c1)OCO2. The lowest BCUT2D eigenvalue weighted by Crippen LogP contribution is -2.32. The Morgan fingerprint density at radius 2 is 1.75 bits per heavy atom. The number of ether oxygens (including phenoxy) is 2. The van der Waals surface area contributed by atoms with Crippen LogP contribution in [-0.2, 0) is 4.79 Å². The van der Waals surface area contributed by atoms with Crippen LogP contribution in [0.15, 0.2) is 18.2 Å². The molecule has 1 aliphatic heterocycles. The van der Waals surface area contributed by atoms with Gasteiger partial charge in [-0.3, -0.25) is 9.59 Å². The lowest BCUT2D eigenvalue weighted by atomic mass is 9.75. The number of hydrogen-bond acceptors (Lipinski definition) is 4. The summed E-state index contributed by atoms with van der Waals surface area (Å²) in [5, 5.41) is 9.26. The van der Waals surface area contributed by atoms with E-state index >= 15 is 0 Å². The number of fused-ring (bicyclic) bond motifs is 1. The first-order valence-electron chi connectivity index (χ1n) is 6.83. The summed E-state index contributed by atoms with van der Waals surface area (Å²) < 4.78 is 10.5. The van der Waals surface area contributed by atoms with E-state index in [0.717, 1.165) is 12.8 Å². The van der Waals surface area contributed by atoms with E-state index in [4.69, 9.17) is 9.47 Å². The topological polar surface area (TPSA) is 72.8 Å². The maximum atomic E-state index is 12.6. The maximum absolute atomic E-state index is 12.6. The van der Waals surface area contributed by atoms with E-state index in [1.807, 2.05) is 0 Å². The number of carboxylic acid groups (broad SMARTS) is 1. The summed E-state index contributed by atoms with van der Waals surface area (Å²) in [7, 11) is 0. The third-order valence-electron chi connectivity index (χ3n) is 4.08. The summed E-state index contributed by atoms with van der Waals surface area (Å²) in [5.74, 6) is -0.791. The van der Waals surface area contributed by atoms with E-state index in [1.165, 1.54) is 0 Å². The van der Waals surface area contributed by atoms with Gasteiger partial charge in [0.05, 0.1) is 5.92 Å². The molecule has 5 heteroatoms. The smallest absolute Gasteiger partial charge is 0.307 e. The van der Waals surface area contributed by atoms with Gasteiger partial charge in [0.15, 0.2) is 17.3 Å². The third kappa shape index (κ3) is 2.24. The molecule has 1 aliphatic carbocycles. The average Bonchev–Trinajstić information content (AvgIpc) is 2.93. The Morgan fingerprint density at radius 1 is 1.05 bits per heavy atom. The molecule has 1 saturated carbocycles. The van der Waals surface area contributed by atoms with Crippen molar-refractivity contribution in [1.82, 2.24) is 0 Å². The second-order valence-corrected chi connectivity index (χ2v) is 5.27. The zero-order valence-corrected chi connectivity index (χ0v) is 11.0. The zero-order valence-electron chi connectivity index (χ0n) is 11.0. The van der Waals surface area contributed by atoms with E-state index in [2.05, 4.69) is 0 Å². The molecule has 0 radical (unpaired) electrons. The zero-order chi connectivity index (χ0) is 14.1. The Labute approximate surface area is 116 Å². The predicted octanol–water partition coefficient (Wildman–Crippen LogP) is 2.49.